The second-order valence-electron chi connectivity index (χ2n) is 10.6. The zero-order valence-electron chi connectivity index (χ0n) is 24.1. The molecule has 0 N–H and O–H groups in total. The molecule has 0 unspecified atom stereocenters. The molecular formula is C33H35N3O3S. The van der Waals surface area contributed by atoms with Gasteiger partial charge in [0.2, 0.25) is 0 Å². The molecule has 3 heterocycles. The summed E-state index contributed by atoms with van der Waals surface area (Å²) in [5.41, 5.74) is 8.25. The summed E-state index contributed by atoms with van der Waals surface area (Å²) < 4.78 is 9.83. The van der Waals surface area contributed by atoms with Crippen LogP contribution >= 0.6 is 11.3 Å². The molecule has 2 aromatic carbocycles. The maximum absolute atomic E-state index is 14.0. The Bertz CT molecular complexity index is 1800. The van der Waals surface area contributed by atoms with Crippen molar-refractivity contribution in [3.63, 3.8) is 0 Å². The monoisotopic (exact) mass is 553 g/mol. The number of benzene rings is 2. The van der Waals surface area contributed by atoms with Crippen molar-refractivity contribution in [2.45, 2.75) is 60.4 Å². The van der Waals surface area contributed by atoms with Crippen molar-refractivity contribution in [2.75, 3.05) is 6.61 Å². The average Bonchev–Trinajstić information content (AvgIpc) is 3.37. The lowest BCUT2D eigenvalue weighted by Gasteiger charge is -2.24. The van der Waals surface area contributed by atoms with Gasteiger partial charge in [-0.2, -0.15) is 0 Å². The van der Waals surface area contributed by atoms with Gasteiger partial charge in [0.1, 0.15) is 0 Å². The molecule has 0 bridgehead atoms. The molecule has 1 aliphatic heterocycles. The molecule has 0 saturated carbocycles. The first-order chi connectivity index (χ1) is 19.1. The van der Waals surface area contributed by atoms with Crippen molar-refractivity contribution >= 4 is 23.4 Å². The van der Waals surface area contributed by atoms with Gasteiger partial charge in [-0.3, -0.25) is 9.36 Å². The van der Waals surface area contributed by atoms with Crippen molar-refractivity contribution < 1.29 is 9.53 Å². The fourth-order valence-electron chi connectivity index (χ4n) is 5.34. The fourth-order valence-corrected chi connectivity index (χ4v) is 6.37. The molecule has 5 rings (SSSR count). The minimum Gasteiger partial charge on any atom is -0.463 e. The number of nitrogens with zero attached hydrogens (tertiary/aromatic N) is 3. The summed E-state index contributed by atoms with van der Waals surface area (Å²) in [5, 5.41) is 0. The van der Waals surface area contributed by atoms with Crippen LogP contribution in [0.5, 0.6) is 0 Å². The van der Waals surface area contributed by atoms with E-state index in [1.165, 1.54) is 16.9 Å². The van der Waals surface area contributed by atoms with Gasteiger partial charge in [-0.05, 0) is 81.5 Å². The van der Waals surface area contributed by atoms with Gasteiger partial charge in [0.25, 0.3) is 5.56 Å². The minimum absolute atomic E-state index is 0.172. The largest absolute Gasteiger partial charge is 0.463 e. The molecule has 2 aromatic heterocycles. The minimum atomic E-state index is -0.607. The standard InChI is InChI=1S/C33H35N3O3S/c1-8-39-32(38)29-22(6)34-33-36(30(29)25-11-9-20(4)10-12-25)31(37)28(40-33)18-26-17-21(5)35(23(26)7)27-15-13-24(14-16-27)19(2)3/h9-19,30H,8H2,1-7H3/b28-18+/t30-/m0/s1. The van der Waals surface area contributed by atoms with Crippen LogP contribution in [0.3, 0.4) is 0 Å². The molecule has 4 aromatic rings. The fraction of sp³-hybridized carbons (Fsp3) is 0.303. The highest BCUT2D eigenvalue weighted by atomic mass is 32.1. The number of thiazole rings is 1. The lowest BCUT2D eigenvalue weighted by molar-refractivity contribution is -0.139. The summed E-state index contributed by atoms with van der Waals surface area (Å²) in [5.74, 6) is 0.0230. The van der Waals surface area contributed by atoms with E-state index in [1.54, 1.807) is 11.5 Å². The van der Waals surface area contributed by atoms with Gasteiger partial charge in [0.05, 0.1) is 28.5 Å². The van der Waals surface area contributed by atoms with E-state index in [4.69, 9.17) is 9.73 Å². The summed E-state index contributed by atoms with van der Waals surface area (Å²) in [4.78, 5) is 32.3. The predicted octanol–water partition coefficient (Wildman–Crippen LogP) is 5.64. The number of hydrogen-bond acceptors (Lipinski definition) is 5. The molecule has 1 aliphatic rings. The molecule has 7 heteroatoms. The number of allylic oxidation sites excluding steroid dienone is 1. The third-order valence-corrected chi connectivity index (χ3v) is 8.47. The molecule has 206 valence electrons. The molecule has 0 radical (unpaired) electrons. The average molecular weight is 554 g/mol. The van der Waals surface area contributed by atoms with E-state index in [2.05, 4.69) is 62.6 Å². The lowest BCUT2D eigenvalue weighted by atomic mass is 9.95. The van der Waals surface area contributed by atoms with E-state index >= 15 is 0 Å². The van der Waals surface area contributed by atoms with E-state index in [1.807, 2.05) is 44.2 Å². The highest BCUT2D eigenvalue weighted by Gasteiger charge is 2.33. The second kappa shape index (κ2) is 10.9. The van der Waals surface area contributed by atoms with Gasteiger partial charge in [0, 0.05) is 17.1 Å². The number of hydrogen-bond donors (Lipinski definition) is 0. The number of carbonyl (C=O) groups is 1. The first-order valence-electron chi connectivity index (χ1n) is 13.7. The summed E-state index contributed by atoms with van der Waals surface area (Å²) in [6.45, 7) is 14.4. The first kappa shape index (κ1) is 27.6. The van der Waals surface area contributed by atoms with E-state index in [-0.39, 0.29) is 12.2 Å². The molecule has 0 saturated heterocycles. The van der Waals surface area contributed by atoms with Crippen molar-refractivity contribution in [3.8, 4) is 5.69 Å². The van der Waals surface area contributed by atoms with Crippen LogP contribution in [0.25, 0.3) is 11.8 Å². The highest BCUT2D eigenvalue weighted by Crippen LogP contribution is 2.31. The molecule has 0 aliphatic carbocycles. The number of aryl methyl sites for hydroxylation is 2. The number of rotatable bonds is 6. The van der Waals surface area contributed by atoms with Gasteiger partial charge < -0.3 is 9.30 Å². The van der Waals surface area contributed by atoms with Crippen molar-refractivity contribution in [3.05, 3.63) is 119 Å². The summed E-state index contributed by atoms with van der Waals surface area (Å²) in [6.07, 6.45) is 1.95. The van der Waals surface area contributed by atoms with Gasteiger partial charge in [0.15, 0.2) is 4.80 Å². The third kappa shape index (κ3) is 4.90. The number of esters is 1. The molecule has 0 fully saturated rings. The maximum Gasteiger partial charge on any atom is 0.338 e. The normalized spacial score (nSPS) is 15.4. The Morgan fingerprint density at radius 2 is 1.73 bits per heavy atom. The highest BCUT2D eigenvalue weighted by molar-refractivity contribution is 7.07. The van der Waals surface area contributed by atoms with Crippen molar-refractivity contribution in [1.82, 2.24) is 9.13 Å². The molecule has 0 spiro atoms. The number of carbonyl (C=O) groups excluding carboxylic acids is 1. The van der Waals surface area contributed by atoms with Crippen LogP contribution in [0.1, 0.15) is 73.3 Å². The first-order valence-corrected chi connectivity index (χ1v) is 14.5. The Morgan fingerprint density at radius 3 is 2.35 bits per heavy atom. The molecular weight excluding hydrogens is 518 g/mol. The van der Waals surface area contributed by atoms with E-state index < -0.39 is 12.0 Å². The molecule has 6 nitrogen and oxygen atoms in total. The third-order valence-electron chi connectivity index (χ3n) is 7.48. The number of aromatic nitrogens is 2. The van der Waals surface area contributed by atoms with Crippen LogP contribution < -0.4 is 14.9 Å². The van der Waals surface area contributed by atoms with Crippen LogP contribution in [0.4, 0.5) is 0 Å². The smallest absolute Gasteiger partial charge is 0.338 e. The quantitative estimate of drug-likeness (QED) is 0.291. The second-order valence-corrected chi connectivity index (χ2v) is 11.6. The Kier molecular flexibility index (Phi) is 7.51. The molecule has 0 amide bonds. The number of fused-ring (bicyclic) bond motifs is 1. The van der Waals surface area contributed by atoms with Gasteiger partial charge in [-0.25, -0.2) is 9.79 Å². The zero-order chi connectivity index (χ0) is 28.7. The topological polar surface area (TPSA) is 65.6 Å². The predicted molar refractivity (Wildman–Crippen MR) is 161 cm³/mol. The molecule has 1 atom stereocenters. The number of ether oxygens (including phenoxy) is 1. The van der Waals surface area contributed by atoms with E-state index in [0.717, 1.165) is 33.8 Å². The van der Waals surface area contributed by atoms with Gasteiger partial charge in [-0.1, -0.05) is 67.1 Å². The van der Waals surface area contributed by atoms with Crippen LogP contribution in [0.15, 0.2) is 75.7 Å². The zero-order valence-corrected chi connectivity index (χ0v) is 24.9. The lowest BCUT2D eigenvalue weighted by Crippen LogP contribution is -2.39. The van der Waals surface area contributed by atoms with Crippen LogP contribution in [-0.2, 0) is 9.53 Å². The Morgan fingerprint density at radius 1 is 1.05 bits per heavy atom. The van der Waals surface area contributed by atoms with E-state index in [9.17, 15) is 9.59 Å². The van der Waals surface area contributed by atoms with Gasteiger partial charge in [-0.15, -0.1) is 0 Å². The van der Waals surface area contributed by atoms with Crippen LogP contribution in [0, 0.1) is 20.8 Å². The molecule has 40 heavy (non-hydrogen) atoms. The van der Waals surface area contributed by atoms with Crippen LogP contribution in [-0.4, -0.2) is 21.7 Å². The summed E-state index contributed by atoms with van der Waals surface area (Å²) in [6, 6.07) is 18.1. The van der Waals surface area contributed by atoms with E-state index in [0.29, 0.717) is 26.5 Å². The van der Waals surface area contributed by atoms with Crippen molar-refractivity contribution in [1.29, 1.82) is 0 Å². The van der Waals surface area contributed by atoms with Crippen LogP contribution in [0.2, 0.25) is 0 Å². The summed E-state index contributed by atoms with van der Waals surface area (Å²) >= 11 is 1.35. The summed E-state index contributed by atoms with van der Waals surface area (Å²) in [7, 11) is 0. The Hall–Kier alpha value is -3.97. The maximum atomic E-state index is 14.0. The van der Waals surface area contributed by atoms with Crippen molar-refractivity contribution in [2.24, 2.45) is 4.99 Å². The van der Waals surface area contributed by atoms with Gasteiger partial charge >= 0.3 is 5.97 Å². The SMILES string of the molecule is CCOC(=O)C1=C(C)N=c2s/c(=C/c3cc(C)n(-c4ccc(C(C)C)cc4)c3C)c(=O)n2[C@H]1c1ccc(C)cc1. The Balaban J connectivity index is 1.65. The Labute approximate surface area is 238 Å².